The molecular formula is C13H23N5OP+. The number of aromatic nitrogens is 2. The van der Waals surface area contributed by atoms with Gasteiger partial charge >= 0.3 is 7.94 Å². The molecule has 0 aliphatic rings. The summed E-state index contributed by atoms with van der Waals surface area (Å²) in [6.45, 7) is 0. The van der Waals surface area contributed by atoms with E-state index in [-0.39, 0.29) is 0 Å². The van der Waals surface area contributed by atoms with Crippen LogP contribution in [0.15, 0.2) is 30.6 Å². The molecule has 2 rings (SSSR count). The van der Waals surface area contributed by atoms with Crippen molar-refractivity contribution in [1.82, 2.24) is 23.7 Å². The van der Waals surface area contributed by atoms with Crippen molar-refractivity contribution in [3.63, 3.8) is 0 Å². The summed E-state index contributed by atoms with van der Waals surface area (Å²) in [4.78, 5) is 4.38. The molecule has 20 heavy (non-hydrogen) atoms. The summed E-state index contributed by atoms with van der Waals surface area (Å²) in [7, 11) is 10.1. The predicted octanol–water partition coefficient (Wildman–Crippen LogP) is 1.83. The van der Waals surface area contributed by atoms with Gasteiger partial charge in [-0.1, -0.05) is 12.1 Å². The first-order valence-electron chi connectivity index (χ1n) is 6.44. The van der Waals surface area contributed by atoms with Crippen LogP contribution in [0.4, 0.5) is 0 Å². The number of hydrogen-bond acceptors (Lipinski definition) is 5. The third-order valence-corrected chi connectivity index (χ3v) is 6.70. The van der Waals surface area contributed by atoms with Gasteiger partial charge in [0.15, 0.2) is 0 Å². The highest BCUT2D eigenvalue weighted by atomic mass is 31.2. The second-order valence-corrected chi connectivity index (χ2v) is 8.79. The van der Waals surface area contributed by atoms with Gasteiger partial charge in [-0.15, -0.1) is 18.7 Å². The Bertz CT molecular complexity index is 559. The van der Waals surface area contributed by atoms with E-state index in [1.165, 1.54) is 0 Å². The van der Waals surface area contributed by atoms with Crippen molar-refractivity contribution >= 4 is 19.0 Å². The van der Waals surface area contributed by atoms with Gasteiger partial charge in [0.05, 0.1) is 5.52 Å². The highest BCUT2D eigenvalue weighted by Crippen LogP contribution is 2.61. The van der Waals surface area contributed by atoms with Crippen molar-refractivity contribution in [3.05, 3.63) is 30.6 Å². The maximum Gasteiger partial charge on any atom is 0.447 e. The second kappa shape index (κ2) is 5.66. The van der Waals surface area contributed by atoms with E-state index in [2.05, 4.69) is 19.0 Å². The van der Waals surface area contributed by atoms with Gasteiger partial charge in [0.1, 0.15) is 11.8 Å². The van der Waals surface area contributed by atoms with Crippen LogP contribution in [0.3, 0.4) is 0 Å². The Morgan fingerprint density at radius 3 is 2.05 bits per heavy atom. The zero-order valence-corrected chi connectivity index (χ0v) is 13.9. The lowest BCUT2D eigenvalue weighted by atomic mass is 10.3. The lowest BCUT2D eigenvalue weighted by molar-refractivity contribution is 0.221. The Morgan fingerprint density at radius 2 is 1.50 bits per heavy atom. The number of nitrogens with zero attached hydrogens (tertiary/aromatic N) is 5. The van der Waals surface area contributed by atoms with Crippen LogP contribution in [-0.2, 0) is 0 Å². The van der Waals surface area contributed by atoms with Gasteiger partial charge in [0.2, 0.25) is 0 Å². The molecule has 0 saturated heterocycles. The molecule has 2 aromatic rings. The molecule has 1 aromatic carbocycles. The molecule has 0 aliphatic heterocycles. The molecule has 0 fully saturated rings. The van der Waals surface area contributed by atoms with Crippen LogP contribution in [0.1, 0.15) is 0 Å². The van der Waals surface area contributed by atoms with Crippen LogP contribution in [0, 0.1) is 0 Å². The van der Waals surface area contributed by atoms with Gasteiger partial charge in [-0.05, 0) is 12.1 Å². The fraction of sp³-hybridized carbons (Fsp3) is 0.462. The molecule has 0 atom stereocenters. The molecule has 1 heterocycles. The van der Waals surface area contributed by atoms with E-state index in [0.717, 1.165) is 11.0 Å². The van der Waals surface area contributed by atoms with E-state index in [9.17, 15) is 0 Å². The molecule has 0 saturated carbocycles. The van der Waals surface area contributed by atoms with E-state index in [1.54, 1.807) is 11.1 Å². The van der Waals surface area contributed by atoms with E-state index in [0.29, 0.717) is 0 Å². The maximum absolute atomic E-state index is 6.38. The minimum Gasteiger partial charge on any atom is -0.233 e. The Labute approximate surface area is 121 Å². The van der Waals surface area contributed by atoms with Crippen LogP contribution in [0.2, 0.25) is 0 Å². The fourth-order valence-corrected chi connectivity index (χ4v) is 5.36. The molecular weight excluding hydrogens is 273 g/mol. The van der Waals surface area contributed by atoms with Gasteiger partial charge in [0.25, 0.3) is 0 Å². The number of fused-ring (bicyclic) bond motifs is 1. The molecule has 0 bridgehead atoms. The SMILES string of the molecule is CN(C)[P+](On1cnc2ccccc21)(N(C)C)N(C)C. The molecule has 0 radical (unpaired) electrons. The van der Waals surface area contributed by atoms with Gasteiger partial charge in [-0.3, -0.25) is 0 Å². The van der Waals surface area contributed by atoms with Gasteiger partial charge in [0, 0.05) is 42.3 Å². The van der Waals surface area contributed by atoms with E-state index in [1.807, 2.05) is 66.6 Å². The molecule has 0 unspecified atom stereocenters. The minimum absolute atomic E-state index is 0.932. The summed E-state index contributed by atoms with van der Waals surface area (Å²) in [5.74, 6) is 0. The maximum atomic E-state index is 6.38. The Balaban J connectivity index is 2.47. The van der Waals surface area contributed by atoms with Crippen molar-refractivity contribution < 1.29 is 4.62 Å². The molecule has 0 N–H and O–H groups in total. The van der Waals surface area contributed by atoms with Crippen LogP contribution in [0.25, 0.3) is 11.0 Å². The summed E-state index contributed by atoms with van der Waals surface area (Å²) in [5.41, 5.74) is 1.91. The number of rotatable bonds is 5. The summed E-state index contributed by atoms with van der Waals surface area (Å²) in [6, 6.07) is 7.96. The highest BCUT2D eigenvalue weighted by Gasteiger charge is 2.53. The van der Waals surface area contributed by atoms with E-state index < -0.39 is 7.94 Å². The van der Waals surface area contributed by atoms with Crippen molar-refractivity contribution in [2.75, 3.05) is 42.3 Å². The first-order valence-corrected chi connectivity index (χ1v) is 8.00. The van der Waals surface area contributed by atoms with E-state index >= 15 is 0 Å². The first kappa shape index (κ1) is 15.2. The molecule has 7 heteroatoms. The first-order chi connectivity index (χ1) is 9.39. The molecule has 6 nitrogen and oxygen atoms in total. The zero-order valence-electron chi connectivity index (χ0n) is 13.0. The third-order valence-electron chi connectivity index (χ3n) is 3.18. The van der Waals surface area contributed by atoms with Gasteiger partial charge in [-0.2, -0.15) is 0 Å². The highest BCUT2D eigenvalue weighted by molar-refractivity contribution is 7.64. The predicted molar refractivity (Wildman–Crippen MR) is 84.3 cm³/mol. The summed E-state index contributed by atoms with van der Waals surface area (Å²) in [6.07, 6.45) is 1.73. The normalized spacial score (nSPS) is 12.8. The molecule has 0 aliphatic carbocycles. The lowest BCUT2D eigenvalue weighted by Gasteiger charge is -2.35. The summed E-state index contributed by atoms with van der Waals surface area (Å²) < 4.78 is 14.5. The zero-order chi connectivity index (χ0) is 14.9. The number of para-hydroxylation sites is 2. The molecule has 0 amide bonds. The topological polar surface area (TPSA) is 36.8 Å². The van der Waals surface area contributed by atoms with E-state index in [4.69, 9.17) is 4.62 Å². The average Bonchev–Trinajstić information content (AvgIpc) is 2.77. The summed E-state index contributed by atoms with van der Waals surface area (Å²) in [5, 5.41) is 0. The molecule has 110 valence electrons. The Kier molecular flexibility index (Phi) is 4.30. The van der Waals surface area contributed by atoms with Crippen molar-refractivity contribution in [3.8, 4) is 0 Å². The summed E-state index contributed by atoms with van der Waals surface area (Å²) >= 11 is 0. The second-order valence-electron chi connectivity index (χ2n) is 5.20. The van der Waals surface area contributed by atoms with Crippen LogP contribution >= 0.6 is 7.94 Å². The van der Waals surface area contributed by atoms with Crippen LogP contribution in [-0.4, -0.2) is 66.0 Å². The monoisotopic (exact) mass is 296 g/mol. The quantitative estimate of drug-likeness (QED) is 0.787. The van der Waals surface area contributed by atoms with Crippen molar-refractivity contribution in [2.45, 2.75) is 0 Å². The Hall–Kier alpha value is -1.20. The van der Waals surface area contributed by atoms with Crippen molar-refractivity contribution in [1.29, 1.82) is 0 Å². The third kappa shape index (κ3) is 2.40. The number of hydrogen-bond donors (Lipinski definition) is 0. The number of imidazole rings is 1. The average molecular weight is 296 g/mol. The minimum atomic E-state index is -2.08. The van der Waals surface area contributed by atoms with Crippen LogP contribution in [0.5, 0.6) is 0 Å². The van der Waals surface area contributed by atoms with Crippen LogP contribution < -0.4 is 4.62 Å². The Morgan fingerprint density at radius 1 is 0.950 bits per heavy atom. The molecule has 0 spiro atoms. The molecule has 1 aromatic heterocycles. The lowest BCUT2D eigenvalue weighted by Crippen LogP contribution is -2.41. The fourth-order valence-electron chi connectivity index (χ4n) is 2.41. The standard InChI is InChI=1S/C13H23N5OP/c1-15(2)20(16(3)4,17(5)6)19-18-11-14-12-9-7-8-10-13(12)18/h7-11H,1-6H3/q+1. The largest absolute Gasteiger partial charge is 0.447 e. The van der Waals surface area contributed by atoms with Gasteiger partial charge < -0.3 is 0 Å². The smallest absolute Gasteiger partial charge is 0.233 e. The van der Waals surface area contributed by atoms with Crippen molar-refractivity contribution in [2.24, 2.45) is 0 Å². The number of benzene rings is 1. The van der Waals surface area contributed by atoms with Gasteiger partial charge in [-0.25, -0.2) is 9.61 Å².